The average molecular weight is 250 g/mol. The zero-order valence-corrected chi connectivity index (χ0v) is 9.78. The highest BCUT2D eigenvalue weighted by Crippen LogP contribution is 2.28. The fourth-order valence-electron chi connectivity index (χ4n) is 1.58. The molecule has 0 aliphatic heterocycles. The van der Waals surface area contributed by atoms with Gasteiger partial charge in [-0.1, -0.05) is 6.07 Å². The molecule has 18 heavy (non-hydrogen) atoms. The Morgan fingerprint density at radius 3 is 2.56 bits per heavy atom. The number of hydrogen-bond donors (Lipinski definition) is 1. The van der Waals surface area contributed by atoms with Crippen molar-refractivity contribution in [2.45, 2.75) is 13.5 Å². The summed E-state index contributed by atoms with van der Waals surface area (Å²) in [7, 11) is 0. The monoisotopic (exact) mass is 250 g/mol. The van der Waals surface area contributed by atoms with E-state index in [0.717, 1.165) is 11.6 Å². The third kappa shape index (κ3) is 2.65. The van der Waals surface area contributed by atoms with Crippen molar-refractivity contribution in [1.82, 2.24) is 0 Å². The van der Waals surface area contributed by atoms with Gasteiger partial charge in [-0.05, 0) is 42.8 Å². The second-order valence-electron chi connectivity index (χ2n) is 3.95. The van der Waals surface area contributed by atoms with Gasteiger partial charge in [0.15, 0.2) is 11.6 Å². The minimum Gasteiger partial charge on any atom is -0.454 e. The first-order chi connectivity index (χ1) is 8.60. The number of hydrogen-bond acceptors (Lipinski definition) is 2. The van der Waals surface area contributed by atoms with E-state index < -0.39 is 11.6 Å². The summed E-state index contributed by atoms with van der Waals surface area (Å²) in [6, 6.07) is 8.18. The first-order valence-corrected chi connectivity index (χ1v) is 5.43. The number of halogens is 2. The number of rotatable bonds is 3. The van der Waals surface area contributed by atoms with Crippen LogP contribution in [0, 0.1) is 18.6 Å². The first kappa shape index (κ1) is 12.5. The summed E-state index contributed by atoms with van der Waals surface area (Å²) in [5.74, 6) is -0.690. The fourth-order valence-corrected chi connectivity index (χ4v) is 1.58. The average Bonchev–Trinajstić information content (AvgIpc) is 2.36. The molecule has 0 aliphatic carbocycles. The first-order valence-electron chi connectivity index (χ1n) is 5.43. The van der Waals surface area contributed by atoms with Crippen LogP contribution in [0.4, 0.5) is 8.78 Å². The SMILES string of the molecule is Cc1ccc(F)c(Oc2ccc(F)cc2CO)c1. The molecule has 0 saturated heterocycles. The van der Waals surface area contributed by atoms with Crippen LogP contribution in [0.2, 0.25) is 0 Å². The molecule has 0 bridgehead atoms. The third-order valence-corrected chi connectivity index (χ3v) is 2.50. The Morgan fingerprint density at radius 1 is 1.06 bits per heavy atom. The molecule has 0 atom stereocenters. The Hall–Kier alpha value is -1.94. The van der Waals surface area contributed by atoms with E-state index in [1.54, 1.807) is 12.1 Å². The lowest BCUT2D eigenvalue weighted by atomic mass is 10.2. The van der Waals surface area contributed by atoms with Crippen molar-refractivity contribution in [2.75, 3.05) is 0 Å². The second kappa shape index (κ2) is 5.14. The molecule has 0 heterocycles. The van der Waals surface area contributed by atoms with Gasteiger partial charge in [0.1, 0.15) is 11.6 Å². The van der Waals surface area contributed by atoms with Crippen molar-refractivity contribution in [3.8, 4) is 11.5 Å². The molecule has 0 spiro atoms. The standard InChI is InChI=1S/C14H12F2O2/c1-9-2-4-12(16)14(6-9)18-13-5-3-11(15)7-10(13)8-17/h2-7,17H,8H2,1H3. The van der Waals surface area contributed by atoms with E-state index in [1.165, 1.54) is 18.2 Å². The van der Waals surface area contributed by atoms with E-state index in [4.69, 9.17) is 9.84 Å². The Bertz CT molecular complexity index is 568. The summed E-state index contributed by atoms with van der Waals surface area (Å²) in [6.07, 6.45) is 0. The molecule has 0 aliphatic rings. The maximum Gasteiger partial charge on any atom is 0.165 e. The highest BCUT2D eigenvalue weighted by Gasteiger charge is 2.09. The molecule has 0 fully saturated rings. The van der Waals surface area contributed by atoms with Crippen molar-refractivity contribution in [3.05, 3.63) is 59.2 Å². The van der Waals surface area contributed by atoms with Gasteiger partial charge >= 0.3 is 0 Å². The van der Waals surface area contributed by atoms with Crippen molar-refractivity contribution in [1.29, 1.82) is 0 Å². The van der Waals surface area contributed by atoms with Crippen LogP contribution >= 0.6 is 0 Å². The number of aryl methyl sites for hydroxylation is 1. The molecule has 2 nitrogen and oxygen atoms in total. The number of benzene rings is 2. The lowest BCUT2D eigenvalue weighted by Crippen LogP contribution is -1.95. The maximum atomic E-state index is 13.5. The van der Waals surface area contributed by atoms with Gasteiger partial charge in [0.05, 0.1) is 6.61 Å². The normalized spacial score (nSPS) is 10.4. The van der Waals surface area contributed by atoms with E-state index in [0.29, 0.717) is 0 Å². The zero-order chi connectivity index (χ0) is 13.1. The maximum absolute atomic E-state index is 13.5. The second-order valence-corrected chi connectivity index (χ2v) is 3.95. The number of aliphatic hydroxyl groups is 1. The van der Waals surface area contributed by atoms with Gasteiger partial charge in [-0.15, -0.1) is 0 Å². The quantitative estimate of drug-likeness (QED) is 0.902. The van der Waals surface area contributed by atoms with Gasteiger partial charge in [0.25, 0.3) is 0 Å². The van der Waals surface area contributed by atoms with Crippen LogP contribution < -0.4 is 4.74 Å². The molecule has 4 heteroatoms. The molecule has 94 valence electrons. The molecule has 2 aromatic rings. The molecule has 2 aromatic carbocycles. The van der Waals surface area contributed by atoms with Crippen molar-refractivity contribution in [3.63, 3.8) is 0 Å². The van der Waals surface area contributed by atoms with Gasteiger partial charge < -0.3 is 9.84 Å². The Kier molecular flexibility index (Phi) is 3.58. The molecular weight excluding hydrogens is 238 g/mol. The molecule has 0 aromatic heterocycles. The van der Waals surface area contributed by atoms with Crippen LogP contribution in [0.25, 0.3) is 0 Å². The van der Waals surface area contributed by atoms with Crippen molar-refractivity contribution in [2.24, 2.45) is 0 Å². The summed E-state index contributed by atoms with van der Waals surface area (Å²) in [4.78, 5) is 0. The van der Waals surface area contributed by atoms with Gasteiger partial charge in [0.2, 0.25) is 0 Å². The van der Waals surface area contributed by atoms with Gasteiger partial charge in [-0.3, -0.25) is 0 Å². The molecule has 0 saturated carbocycles. The van der Waals surface area contributed by atoms with Crippen LogP contribution in [0.1, 0.15) is 11.1 Å². The summed E-state index contributed by atoms with van der Waals surface area (Å²) >= 11 is 0. The van der Waals surface area contributed by atoms with Gasteiger partial charge in [-0.25, -0.2) is 8.78 Å². The van der Waals surface area contributed by atoms with Crippen molar-refractivity contribution < 1.29 is 18.6 Å². The molecule has 2 rings (SSSR count). The lowest BCUT2D eigenvalue weighted by Gasteiger charge is -2.11. The molecule has 0 unspecified atom stereocenters. The smallest absolute Gasteiger partial charge is 0.165 e. The largest absolute Gasteiger partial charge is 0.454 e. The number of ether oxygens (including phenoxy) is 1. The van der Waals surface area contributed by atoms with Crippen LogP contribution in [0.5, 0.6) is 11.5 Å². The third-order valence-electron chi connectivity index (χ3n) is 2.50. The van der Waals surface area contributed by atoms with Crippen LogP contribution in [0.3, 0.4) is 0 Å². The van der Waals surface area contributed by atoms with Crippen LogP contribution in [-0.2, 0) is 6.61 Å². The van der Waals surface area contributed by atoms with Crippen LogP contribution in [-0.4, -0.2) is 5.11 Å². The topological polar surface area (TPSA) is 29.5 Å². The summed E-state index contributed by atoms with van der Waals surface area (Å²) < 4.78 is 31.8. The van der Waals surface area contributed by atoms with E-state index >= 15 is 0 Å². The fraction of sp³-hybridized carbons (Fsp3) is 0.143. The molecule has 1 N–H and O–H groups in total. The molecular formula is C14H12F2O2. The highest BCUT2D eigenvalue weighted by atomic mass is 19.1. The zero-order valence-electron chi connectivity index (χ0n) is 9.78. The van der Waals surface area contributed by atoms with E-state index in [1.807, 2.05) is 6.92 Å². The summed E-state index contributed by atoms with van der Waals surface area (Å²) in [5.41, 5.74) is 1.12. The minimum absolute atomic E-state index is 0.0521. The summed E-state index contributed by atoms with van der Waals surface area (Å²) in [6.45, 7) is 1.43. The molecule has 0 radical (unpaired) electrons. The van der Waals surface area contributed by atoms with Gasteiger partial charge in [0, 0.05) is 5.56 Å². The van der Waals surface area contributed by atoms with Gasteiger partial charge in [-0.2, -0.15) is 0 Å². The van der Waals surface area contributed by atoms with Crippen LogP contribution in [0.15, 0.2) is 36.4 Å². The predicted molar refractivity (Wildman–Crippen MR) is 63.5 cm³/mol. The number of aliphatic hydroxyl groups excluding tert-OH is 1. The van der Waals surface area contributed by atoms with Crippen molar-refractivity contribution >= 4 is 0 Å². The molecule has 0 amide bonds. The highest BCUT2D eigenvalue weighted by molar-refractivity contribution is 5.39. The lowest BCUT2D eigenvalue weighted by molar-refractivity contribution is 0.275. The van der Waals surface area contributed by atoms with E-state index in [9.17, 15) is 8.78 Å². The Labute approximate surface area is 103 Å². The predicted octanol–water partition coefficient (Wildman–Crippen LogP) is 3.56. The van der Waals surface area contributed by atoms with E-state index in [-0.39, 0.29) is 23.7 Å². The summed E-state index contributed by atoms with van der Waals surface area (Å²) in [5, 5.41) is 9.10. The Balaban J connectivity index is 2.36. The minimum atomic E-state index is -0.506. The van der Waals surface area contributed by atoms with E-state index in [2.05, 4.69) is 0 Å². The Morgan fingerprint density at radius 2 is 1.83 bits per heavy atom.